The zero-order valence-electron chi connectivity index (χ0n) is 16.5. The molecule has 0 spiro atoms. The minimum absolute atomic E-state index is 0.0369. The molecule has 0 radical (unpaired) electrons. The highest BCUT2D eigenvalue weighted by molar-refractivity contribution is 5.97. The molecule has 0 aliphatic heterocycles. The number of nitrogens with zero attached hydrogens (tertiary/aromatic N) is 4. The van der Waals surface area contributed by atoms with Crippen LogP contribution in [0.25, 0.3) is 0 Å². The summed E-state index contributed by atoms with van der Waals surface area (Å²) in [6, 6.07) is 13.8. The first kappa shape index (κ1) is 19.3. The molecular formula is C22H22N4O2. The van der Waals surface area contributed by atoms with Gasteiger partial charge >= 0.3 is 0 Å². The summed E-state index contributed by atoms with van der Waals surface area (Å²) in [5, 5.41) is 13.4. The van der Waals surface area contributed by atoms with E-state index in [1.54, 1.807) is 13.8 Å². The Morgan fingerprint density at radius 1 is 1.14 bits per heavy atom. The first-order chi connectivity index (χ1) is 13.3. The molecule has 0 atom stereocenters. The van der Waals surface area contributed by atoms with Crippen LogP contribution in [0.15, 0.2) is 41.2 Å². The molecule has 2 aromatic heterocycles. The summed E-state index contributed by atoms with van der Waals surface area (Å²) < 4.78 is 3.17. The highest BCUT2D eigenvalue weighted by atomic mass is 16.1. The highest BCUT2D eigenvalue weighted by Gasteiger charge is 2.19. The third-order valence-electron chi connectivity index (χ3n) is 5.10. The lowest BCUT2D eigenvalue weighted by atomic mass is 10.1. The van der Waals surface area contributed by atoms with Gasteiger partial charge in [0.1, 0.15) is 18.2 Å². The van der Waals surface area contributed by atoms with Crippen molar-refractivity contribution in [2.24, 2.45) is 0 Å². The van der Waals surface area contributed by atoms with Crippen LogP contribution < -0.4 is 5.56 Å². The minimum Gasteiger partial charge on any atom is -0.344 e. The second-order valence-corrected chi connectivity index (χ2v) is 6.94. The monoisotopic (exact) mass is 374 g/mol. The third kappa shape index (κ3) is 3.52. The smallest absolute Gasteiger partial charge is 0.285 e. The zero-order chi connectivity index (χ0) is 20.4. The molecule has 28 heavy (non-hydrogen) atoms. The Labute approximate surface area is 163 Å². The molecular weight excluding hydrogens is 352 g/mol. The summed E-state index contributed by atoms with van der Waals surface area (Å²) >= 11 is 0. The largest absolute Gasteiger partial charge is 0.344 e. The van der Waals surface area contributed by atoms with Crippen LogP contribution in [0.2, 0.25) is 0 Å². The topological polar surface area (TPSA) is 80.7 Å². The number of hydrogen-bond donors (Lipinski definition) is 0. The number of aromatic nitrogens is 3. The number of rotatable bonds is 5. The number of Topliss-reactive ketones (excluding diaryl/α,β-unsaturated/α-hetero) is 1. The Morgan fingerprint density at radius 2 is 1.82 bits per heavy atom. The van der Waals surface area contributed by atoms with Gasteiger partial charge < -0.3 is 4.57 Å². The quantitative estimate of drug-likeness (QED) is 0.643. The molecule has 3 aromatic rings. The molecule has 1 aromatic carbocycles. The van der Waals surface area contributed by atoms with E-state index in [1.165, 1.54) is 0 Å². The lowest BCUT2D eigenvalue weighted by Gasteiger charge is -2.11. The van der Waals surface area contributed by atoms with Gasteiger partial charge in [-0.15, -0.1) is 0 Å². The van der Waals surface area contributed by atoms with Crippen LogP contribution in [-0.4, -0.2) is 20.1 Å². The first-order valence-electron chi connectivity index (χ1n) is 9.05. The number of benzene rings is 1. The molecule has 0 saturated carbocycles. The van der Waals surface area contributed by atoms with Gasteiger partial charge in [0.05, 0.1) is 5.69 Å². The fourth-order valence-electron chi connectivity index (χ4n) is 3.32. The molecule has 0 N–H and O–H groups in total. The van der Waals surface area contributed by atoms with Gasteiger partial charge in [-0.1, -0.05) is 30.3 Å². The van der Waals surface area contributed by atoms with Gasteiger partial charge in [-0.3, -0.25) is 9.59 Å². The van der Waals surface area contributed by atoms with E-state index in [1.807, 2.05) is 56.3 Å². The van der Waals surface area contributed by atoms with Crippen molar-refractivity contribution < 1.29 is 4.79 Å². The van der Waals surface area contributed by atoms with Gasteiger partial charge in [0.25, 0.3) is 5.56 Å². The fourth-order valence-corrected chi connectivity index (χ4v) is 3.32. The van der Waals surface area contributed by atoms with E-state index >= 15 is 0 Å². The maximum Gasteiger partial charge on any atom is 0.285 e. The zero-order valence-corrected chi connectivity index (χ0v) is 16.5. The van der Waals surface area contributed by atoms with Crippen LogP contribution in [0, 0.1) is 39.0 Å². The number of carbonyl (C=O) groups excluding carboxylic acids is 1. The second-order valence-electron chi connectivity index (χ2n) is 6.94. The Hall–Kier alpha value is -3.46. The van der Waals surface area contributed by atoms with Crippen molar-refractivity contribution >= 4 is 5.78 Å². The molecule has 3 rings (SSSR count). The van der Waals surface area contributed by atoms with E-state index < -0.39 is 5.56 Å². The van der Waals surface area contributed by atoms with E-state index in [0.29, 0.717) is 23.4 Å². The SMILES string of the molecule is Cc1nn(CC(=O)c2cc(C)n(Cc3ccccc3)c2C)c(=O)c(C#N)c1C. The van der Waals surface area contributed by atoms with E-state index in [4.69, 9.17) is 0 Å². The standard InChI is InChI=1S/C22H22N4O2/c1-14-10-19(17(4)25(14)12-18-8-6-5-7-9-18)21(27)13-26-22(28)20(11-23)15(2)16(3)24-26/h5-10H,12-13H2,1-4H3. The summed E-state index contributed by atoms with van der Waals surface area (Å²) in [5.41, 5.74) is 4.17. The number of carbonyl (C=O) groups is 1. The van der Waals surface area contributed by atoms with Gasteiger partial charge in [-0.25, -0.2) is 4.68 Å². The van der Waals surface area contributed by atoms with Crippen molar-refractivity contribution in [3.05, 3.63) is 86.1 Å². The number of hydrogen-bond acceptors (Lipinski definition) is 4. The Balaban J connectivity index is 1.93. The number of nitriles is 1. The molecule has 0 amide bonds. The maximum atomic E-state index is 12.9. The van der Waals surface area contributed by atoms with E-state index in [0.717, 1.165) is 21.6 Å². The van der Waals surface area contributed by atoms with Crippen LogP contribution >= 0.6 is 0 Å². The molecule has 0 bridgehead atoms. The van der Waals surface area contributed by atoms with Crippen LogP contribution in [0.3, 0.4) is 0 Å². The molecule has 2 heterocycles. The molecule has 6 heteroatoms. The summed E-state index contributed by atoms with van der Waals surface area (Å²) in [6.07, 6.45) is 0. The summed E-state index contributed by atoms with van der Waals surface area (Å²) in [5.74, 6) is -0.200. The van der Waals surface area contributed by atoms with Gasteiger partial charge in [0.15, 0.2) is 5.78 Å². The van der Waals surface area contributed by atoms with Gasteiger partial charge in [-0.2, -0.15) is 10.4 Å². The molecule has 142 valence electrons. The van der Waals surface area contributed by atoms with Crippen LogP contribution in [0.4, 0.5) is 0 Å². The van der Waals surface area contributed by atoms with E-state index in [9.17, 15) is 14.9 Å². The Kier molecular flexibility index (Phi) is 5.27. The number of ketones is 1. The lowest BCUT2D eigenvalue weighted by Crippen LogP contribution is -2.30. The Bertz CT molecular complexity index is 1150. The van der Waals surface area contributed by atoms with E-state index in [-0.39, 0.29) is 17.9 Å². The van der Waals surface area contributed by atoms with Crippen molar-refractivity contribution in [2.45, 2.75) is 40.8 Å². The van der Waals surface area contributed by atoms with E-state index in [2.05, 4.69) is 9.67 Å². The summed E-state index contributed by atoms with van der Waals surface area (Å²) in [7, 11) is 0. The van der Waals surface area contributed by atoms with Crippen LogP contribution in [0.5, 0.6) is 0 Å². The van der Waals surface area contributed by atoms with Crippen LogP contribution in [0.1, 0.15) is 44.1 Å². The van der Waals surface area contributed by atoms with Gasteiger partial charge in [0.2, 0.25) is 0 Å². The van der Waals surface area contributed by atoms with Crippen molar-refractivity contribution in [1.82, 2.24) is 14.3 Å². The Morgan fingerprint density at radius 3 is 2.46 bits per heavy atom. The summed E-state index contributed by atoms with van der Waals surface area (Å²) in [6.45, 7) is 7.76. The van der Waals surface area contributed by atoms with Crippen molar-refractivity contribution in [3.8, 4) is 6.07 Å². The predicted molar refractivity (Wildman–Crippen MR) is 106 cm³/mol. The highest BCUT2D eigenvalue weighted by Crippen LogP contribution is 2.18. The van der Waals surface area contributed by atoms with Gasteiger partial charge in [0, 0.05) is 23.5 Å². The third-order valence-corrected chi connectivity index (χ3v) is 5.10. The van der Waals surface area contributed by atoms with Crippen molar-refractivity contribution in [2.75, 3.05) is 0 Å². The first-order valence-corrected chi connectivity index (χ1v) is 9.05. The number of aryl methyl sites for hydroxylation is 2. The molecule has 0 unspecified atom stereocenters. The fraction of sp³-hybridized carbons (Fsp3) is 0.273. The van der Waals surface area contributed by atoms with Crippen LogP contribution in [-0.2, 0) is 13.1 Å². The van der Waals surface area contributed by atoms with Crippen molar-refractivity contribution in [1.29, 1.82) is 5.26 Å². The predicted octanol–water partition coefficient (Wildman–Crippen LogP) is 3.08. The normalized spacial score (nSPS) is 10.7. The molecule has 0 saturated heterocycles. The average Bonchev–Trinajstić information content (AvgIpc) is 2.96. The average molecular weight is 374 g/mol. The van der Waals surface area contributed by atoms with Crippen molar-refractivity contribution in [3.63, 3.8) is 0 Å². The molecule has 0 fully saturated rings. The molecule has 0 aliphatic rings. The minimum atomic E-state index is -0.531. The molecule has 6 nitrogen and oxygen atoms in total. The second kappa shape index (κ2) is 7.65. The maximum absolute atomic E-state index is 12.9. The lowest BCUT2D eigenvalue weighted by molar-refractivity contribution is 0.0964. The summed E-state index contributed by atoms with van der Waals surface area (Å²) in [4.78, 5) is 25.4. The molecule has 0 aliphatic carbocycles. The van der Waals surface area contributed by atoms with Gasteiger partial charge in [-0.05, 0) is 44.9 Å².